The van der Waals surface area contributed by atoms with Crippen LogP contribution in [0.3, 0.4) is 0 Å². The zero-order valence-corrected chi connectivity index (χ0v) is 19.3. The quantitative estimate of drug-likeness (QED) is 0.664. The van der Waals surface area contributed by atoms with Crippen molar-refractivity contribution in [3.8, 4) is 17.0 Å². The zero-order chi connectivity index (χ0) is 24.3. The van der Waals surface area contributed by atoms with Crippen LogP contribution < -0.4 is 20.3 Å². The van der Waals surface area contributed by atoms with Gasteiger partial charge in [-0.05, 0) is 25.8 Å². The third kappa shape index (κ3) is 4.32. The summed E-state index contributed by atoms with van der Waals surface area (Å²) in [5.41, 5.74) is 5.01. The van der Waals surface area contributed by atoms with E-state index in [2.05, 4.69) is 19.7 Å². The fourth-order valence-electron chi connectivity index (χ4n) is 4.88. The first-order valence-corrected chi connectivity index (χ1v) is 12.7. The number of nitrogens with two attached hydrogens (primary N) is 1. The van der Waals surface area contributed by atoms with Crippen LogP contribution in [0.5, 0.6) is 5.75 Å². The Morgan fingerprint density at radius 1 is 1.26 bits per heavy atom. The van der Waals surface area contributed by atoms with Crippen LogP contribution in [0.15, 0.2) is 18.3 Å². The Hall–Kier alpha value is -2.83. The van der Waals surface area contributed by atoms with Crippen molar-refractivity contribution in [2.45, 2.75) is 49.8 Å². The smallest absolute Gasteiger partial charge is 0.387 e. The third-order valence-corrected chi connectivity index (χ3v) is 8.94. The number of fused-ring (bicyclic) bond motifs is 3. The highest BCUT2D eigenvalue weighted by atomic mass is 32.2. The molecule has 2 N–H and O–H groups in total. The van der Waals surface area contributed by atoms with Crippen LogP contribution in [0.4, 0.5) is 30.8 Å². The summed E-state index contributed by atoms with van der Waals surface area (Å²) in [4.78, 5) is 16.9. The Morgan fingerprint density at radius 2 is 2.06 bits per heavy atom. The molecule has 0 aliphatic carbocycles. The molecule has 4 aliphatic heterocycles. The Balaban J connectivity index is 1.57. The molecule has 0 radical (unpaired) electrons. The van der Waals surface area contributed by atoms with Crippen molar-refractivity contribution in [3.05, 3.63) is 18.3 Å². The van der Waals surface area contributed by atoms with E-state index in [0.29, 0.717) is 43.0 Å². The molecule has 4 aliphatic rings. The summed E-state index contributed by atoms with van der Waals surface area (Å²) in [6.07, 6.45) is 3.04. The number of hydrogen-bond acceptors (Lipinski definition) is 9. The van der Waals surface area contributed by atoms with Gasteiger partial charge in [0.2, 0.25) is 5.95 Å². The largest absolute Gasteiger partial charge is 0.431 e. The second kappa shape index (κ2) is 8.14. The third-order valence-electron chi connectivity index (χ3n) is 6.69. The topological polar surface area (TPSA) is 115 Å². The van der Waals surface area contributed by atoms with Gasteiger partial charge in [-0.1, -0.05) is 0 Å². The molecule has 2 bridgehead atoms. The van der Waals surface area contributed by atoms with Gasteiger partial charge in [-0.15, -0.1) is 0 Å². The lowest BCUT2D eigenvalue weighted by Crippen LogP contribution is -2.58. The van der Waals surface area contributed by atoms with E-state index < -0.39 is 27.4 Å². The van der Waals surface area contributed by atoms with Crippen molar-refractivity contribution in [2.24, 2.45) is 0 Å². The lowest BCUT2D eigenvalue weighted by molar-refractivity contribution is -0.0494. The van der Waals surface area contributed by atoms with Gasteiger partial charge in [0.05, 0.1) is 23.2 Å². The summed E-state index contributed by atoms with van der Waals surface area (Å²) in [5, 5.41) is -0.468. The van der Waals surface area contributed by atoms with Gasteiger partial charge in [0.1, 0.15) is 11.5 Å². The van der Waals surface area contributed by atoms with Crippen LogP contribution in [0.25, 0.3) is 11.3 Å². The molecule has 3 atom stereocenters. The normalized spacial score (nSPS) is 28.0. The molecule has 0 spiro atoms. The monoisotopic (exact) mass is 498 g/mol. The number of aromatic nitrogens is 3. The van der Waals surface area contributed by atoms with Gasteiger partial charge in [0.15, 0.2) is 21.4 Å². The van der Waals surface area contributed by atoms with Crippen molar-refractivity contribution < 1.29 is 26.3 Å². The predicted octanol–water partition coefficient (Wildman–Crippen LogP) is 2.43. The highest BCUT2D eigenvalue weighted by molar-refractivity contribution is 7.92. The Labute approximate surface area is 195 Å². The van der Waals surface area contributed by atoms with Crippen LogP contribution in [-0.4, -0.2) is 72.3 Å². The van der Waals surface area contributed by atoms with E-state index in [0.717, 1.165) is 6.42 Å². The molecule has 6 rings (SSSR count). The average molecular weight is 499 g/mol. The lowest BCUT2D eigenvalue weighted by Gasteiger charge is -2.45. The standard InChI is InChI=1S/C21H25F3N6O3S/c1-21(24)4-5-29(11-21)20-27-15(12-6-16(33-19(22)23)18(25)26-8-12)7-17(28-20)30-9-14-3-2-13(30)10-34(14,31)32/h6-8,13-14,19H,2-5,9-11H2,1H3,(H2,25,26)/t13-,14-,21-/m0/s1. The van der Waals surface area contributed by atoms with Crippen LogP contribution in [0.2, 0.25) is 0 Å². The molecule has 0 unspecified atom stereocenters. The molecule has 0 amide bonds. The van der Waals surface area contributed by atoms with Gasteiger partial charge in [-0.3, -0.25) is 0 Å². The summed E-state index contributed by atoms with van der Waals surface area (Å²) in [7, 11) is -3.15. The van der Waals surface area contributed by atoms with E-state index >= 15 is 0 Å². The average Bonchev–Trinajstić information content (AvgIpc) is 3.14. The van der Waals surface area contributed by atoms with Crippen LogP contribution >= 0.6 is 0 Å². The number of piperidine rings is 1. The van der Waals surface area contributed by atoms with E-state index in [-0.39, 0.29) is 35.9 Å². The maximum atomic E-state index is 14.6. The summed E-state index contributed by atoms with van der Waals surface area (Å²) in [5.74, 6) is 0.366. The first-order valence-electron chi connectivity index (χ1n) is 11.0. The van der Waals surface area contributed by atoms with Gasteiger partial charge in [0.25, 0.3) is 0 Å². The fraction of sp³-hybridized carbons (Fsp3) is 0.571. The molecule has 2 aromatic rings. The van der Waals surface area contributed by atoms with Crippen molar-refractivity contribution in [1.82, 2.24) is 15.0 Å². The molecule has 13 heteroatoms. The second-order valence-corrected chi connectivity index (χ2v) is 11.6. The SMILES string of the molecule is C[C@]1(F)CCN(c2nc(-c3cnc(N)c(OC(F)F)c3)cc(N3C[C@@H]4CC[C@H]3CS4(=O)=O)n2)C1. The molecule has 184 valence electrons. The molecule has 2 aromatic heterocycles. The van der Waals surface area contributed by atoms with Crippen LogP contribution in [0.1, 0.15) is 26.2 Å². The summed E-state index contributed by atoms with van der Waals surface area (Å²) in [6, 6.07) is 2.76. The molecular formula is C21H25F3N6O3S. The van der Waals surface area contributed by atoms with E-state index in [4.69, 9.17) is 5.73 Å². The number of hydrogen-bond donors (Lipinski definition) is 1. The number of rotatable bonds is 5. The van der Waals surface area contributed by atoms with Crippen molar-refractivity contribution in [2.75, 3.05) is 40.9 Å². The number of halogens is 3. The van der Waals surface area contributed by atoms with Gasteiger partial charge >= 0.3 is 6.61 Å². The molecule has 34 heavy (non-hydrogen) atoms. The minimum atomic E-state index is -3.15. The van der Waals surface area contributed by atoms with E-state index in [1.54, 1.807) is 11.0 Å². The fourth-order valence-corrected chi connectivity index (χ4v) is 6.92. The highest BCUT2D eigenvalue weighted by Gasteiger charge is 2.44. The van der Waals surface area contributed by atoms with E-state index in [1.165, 1.54) is 19.2 Å². The number of ether oxygens (including phenoxy) is 1. The highest BCUT2D eigenvalue weighted by Crippen LogP contribution is 2.37. The van der Waals surface area contributed by atoms with Gasteiger partial charge < -0.3 is 20.3 Å². The molecular weight excluding hydrogens is 473 g/mol. The number of alkyl halides is 3. The maximum absolute atomic E-state index is 14.6. The minimum absolute atomic E-state index is 0.0500. The van der Waals surface area contributed by atoms with Crippen molar-refractivity contribution in [3.63, 3.8) is 0 Å². The molecule has 0 aromatic carbocycles. The number of anilines is 3. The van der Waals surface area contributed by atoms with Crippen LogP contribution in [-0.2, 0) is 9.84 Å². The summed E-state index contributed by atoms with van der Waals surface area (Å²) in [6.45, 7) is -0.729. The number of pyridine rings is 1. The molecule has 0 saturated carbocycles. The molecule has 9 nitrogen and oxygen atoms in total. The molecule has 4 fully saturated rings. The molecule has 6 heterocycles. The zero-order valence-electron chi connectivity index (χ0n) is 18.5. The van der Waals surface area contributed by atoms with E-state index in [9.17, 15) is 21.6 Å². The van der Waals surface area contributed by atoms with Crippen molar-refractivity contribution >= 4 is 27.4 Å². The van der Waals surface area contributed by atoms with Gasteiger partial charge in [-0.25, -0.2) is 22.8 Å². The Bertz CT molecular complexity index is 1210. The Morgan fingerprint density at radius 3 is 2.68 bits per heavy atom. The van der Waals surface area contributed by atoms with Crippen molar-refractivity contribution in [1.29, 1.82) is 0 Å². The maximum Gasteiger partial charge on any atom is 0.387 e. The molecule has 4 saturated heterocycles. The second-order valence-electron chi connectivity index (χ2n) is 9.32. The van der Waals surface area contributed by atoms with Gasteiger partial charge in [0, 0.05) is 43.4 Å². The summed E-state index contributed by atoms with van der Waals surface area (Å²) >= 11 is 0. The number of nitrogen functional groups attached to an aromatic ring is 1. The number of nitrogens with zero attached hydrogens (tertiary/aromatic N) is 5. The predicted molar refractivity (Wildman–Crippen MR) is 121 cm³/mol. The minimum Gasteiger partial charge on any atom is -0.431 e. The summed E-state index contributed by atoms with van der Waals surface area (Å²) < 4.78 is 69.5. The first kappa shape index (κ1) is 22.9. The van der Waals surface area contributed by atoms with E-state index in [1.807, 2.05) is 4.90 Å². The first-order chi connectivity index (χ1) is 16.0. The van der Waals surface area contributed by atoms with Gasteiger partial charge in [-0.2, -0.15) is 13.8 Å². The van der Waals surface area contributed by atoms with Crippen LogP contribution in [0, 0.1) is 0 Å². The lowest BCUT2D eigenvalue weighted by atomic mass is 10.0. The number of sulfone groups is 1. The Kier molecular flexibility index (Phi) is 5.49.